The first-order valence-electron chi connectivity index (χ1n) is 8.51. The standard InChI is InChI=1S/C19H24N2O5S/c1-21(2)13-10-16-18(25-4)9-8-17(19(16)26-12-13)20-27(22,23)15-7-5-6-14(11-15)24-3/h5-9,11,13,20H,10,12H2,1-4H3/t13-/m1/s1. The van der Waals surface area contributed by atoms with Gasteiger partial charge in [0.1, 0.15) is 23.9 Å². The van der Waals surface area contributed by atoms with E-state index in [9.17, 15) is 8.42 Å². The van der Waals surface area contributed by atoms with Crippen molar-refractivity contribution in [2.45, 2.75) is 17.4 Å². The van der Waals surface area contributed by atoms with Gasteiger partial charge in [-0.25, -0.2) is 8.42 Å². The second kappa shape index (κ2) is 7.66. The summed E-state index contributed by atoms with van der Waals surface area (Å²) in [7, 11) is 3.27. The lowest BCUT2D eigenvalue weighted by Crippen LogP contribution is -2.38. The summed E-state index contributed by atoms with van der Waals surface area (Å²) in [5, 5.41) is 0. The molecule has 0 aromatic heterocycles. The molecule has 0 fully saturated rings. The van der Waals surface area contributed by atoms with Crippen molar-refractivity contribution in [3.63, 3.8) is 0 Å². The number of sulfonamides is 1. The van der Waals surface area contributed by atoms with E-state index in [0.717, 1.165) is 5.56 Å². The molecule has 2 aromatic carbocycles. The number of hydrogen-bond acceptors (Lipinski definition) is 6. The Balaban J connectivity index is 1.97. The molecule has 1 atom stereocenters. The SMILES string of the molecule is COc1cccc(S(=O)(=O)Nc2ccc(OC)c3c2OC[C@H](N(C)C)C3)c1. The lowest BCUT2D eigenvalue weighted by Gasteiger charge is -2.32. The Morgan fingerprint density at radius 1 is 1.15 bits per heavy atom. The van der Waals surface area contributed by atoms with Crippen molar-refractivity contribution in [1.29, 1.82) is 0 Å². The Labute approximate surface area is 159 Å². The molecular weight excluding hydrogens is 368 g/mol. The lowest BCUT2D eigenvalue weighted by atomic mass is 10.00. The van der Waals surface area contributed by atoms with Crippen molar-refractivity contribution in [3.8, 4) is 17.2 Å². The van der Waals surface area contributed by atoms with Gasteiger partial charge in [-0.1, -0.05) is 6.07 Å². The average Bonchev–Trinajstić information content (AvgIpc) is 2.67. The summed E-state index contributed by atoms with van der Waals surface area (Å²) in [6.45, 7) is 0.473. The van der Waals surface area contributed by atoms with E-state index in [1.54, 1.807) is 31.4 Å². The van der Waals surface area contributed by atoms with Gasteiger partial charge in [-0.05, 0) is 44.8 Å². The summed E-state index contributed by atoms with van der Waals surface area (Å²) >= 11 is 0. The van der Waals surface area contributed by atoms with Gasteiger partial charge in [0.2, 0.25) is 0 Å². The second-order valence-corrected chi connectivity index (χ2v) is 8.22. The molecule has 0 aliphatic carbocycles. The minimum atomic E-state index is -3.79. The Hall–Kier alpha value is -2.45. The highest BCUT2D eigenvalue weighted by Gasteiger charge is 2.28. The van der Waals surface area contributed by atoms with Gasteiger partial charge < -0.3 is 19.1 Å². The molecule has 0 saturated heterocycles. The maximum absolute atomic E-state index is 12.8. The van der Waals surface area contributed by atoms with Crippen molar-refractivity contribution in [2.24, 2.45) is 0 Å². The van der Waals surface area contributed by atoms with Crippen molar-refractivity contribution >= 4 is 15.7 Å². The van der Waals surface area contributed by atoms with Crippen LogP contribution in [-0.2, 0) is 16.4 Å². The molecule has 0 spiro atoms. The molecule has 1 aliphatic rings. The van der Waals surface area contributed by atoms with Crippen LogP contribution < -0.4 is 18.9 Å². The zero-order valence-electron chi connectivity index (χ0n) is 15.9. The first-order valence-corrected chi connectivity index (χ1v) is 10.00. The van der Waals surface area contributed by atoms with Crippen molar-refractivity contribution in [1.82, 2.24) is 4.90 Å². The fourth-order valence-electron chi connectivity index (χ4n) is 3.02. The Kier molecular flexibility index (Phi) is 5.48. The number of nitrogens with one attached hydrogen (secondary N) is 1. The zero-order valence-corrected chi connectivity index (χ0v) is 16.7. The number of likely N-dealkylation sites (N-methyl/N-ethyl adjacent to an activating group) is 1. The fourth-order valence-corrected chi connectivity index (χ4v) is 4.11. The van der Waals surface area contributed by atoms with Crippen LogP contribution in [0.3, 0.4) is 0 Å². The highest BCUT2D eigenvalue weighted by atomic mass is 32.2. The van der Waals surface area contributed by atoms with Crippen LogP contribution in [0, 0.1) is 0 Å². The minimum Gasteiger partial charge on any atom is -0.497 e. The van der Waals surface area contributed by atoms with E-state index in [-0.39, 0.29) is 10.9 Å². The Morgan fingerprint density at radius 2 is 1.93 bits per heavy atom. The minimum absolute atomic E-state index is 0.119. The van der Waals surface area contributed by atoms with Crippen molar-refractivity contribution < 1.29 is 22.6 Å². The van der Waals surface area contributed by atoms with Gasteiger partial charge >= 0.3 is 0 Å². The molecule has 0 amide bonds. The first-order chi connectivity index (χ1) is 12.9. The van der Waals surface area contributed by atoms with E-state index in [1.807, 2.05) is 14.1 Å². The molecule has 1 N–H and O–H groups in total. The smallest absolute Gasteiger partial charge is 0.262 e. The summed E-state index contributed by atoms with van der Waals surface area (Å²) in [6.07, 6.45) is 0.709. The van der Waals surface area contributed by atoms with Gasteiger partial charge in [0.25, 0.3) is 10.0 Å². The molecule has 0 bridgehead atoms. The summed E-state index contributed by atoms with van der Waals surface area (Å²) in [5.74, 6) is 1.67. The molecule has 7 nitrogen and oxygen atoms in total. The van der Waals surface area contributed by atoms with E-state index >= 15 is 0 Å². The number of ether oxygens (including phenoxy) is 3. The summed E-state index contributed by atoms with van der Waals surface area (Å²) in [4.78, 5) is 2.20. The van der Waals surface area contributed by atoms with Crippen molar-refractivity contribution in [2.75, 3.05) is 39.6 Å². The first kappa shape index (κ1) is 19.3. The third kappa shape index (κ3) is 3.96. The van der Waals surface area contributed by atoms with E-state index in [1.165, 1.54) is 19.2 Å². The predicted octanol–water partition coefficient (Wildman–Crippen LogP) is 2.37. The monoisotopic (exact) mass is 392 g/mol. The third-order valence-electron chi connectivity index (χ3n) is 4.62. The molecule has 0 radical (unpaired) electrons. The van der Waals surface area contributed by atoms with Gasteiger partial charge in [0.15, 0.2) is 0 Å². The summed E-state index contributed by atoms with van der Waals surface area (Å²) in [5.41, 5.74) is 1.25. The third-order valence-corrected chi connectivity index (χ3v) is 5.99. The molecule has 8 heteroatoms. The van der Waals surface area contributed by atoms with E-state index in [0.29, 0.717) is 36.0 Å². The summed E-state index contributed by atoms with van der Waals surface area (Å²) < 4.78 is 44.8. The number of methoxy groups -OCH3 is 2. The highest BCUT2D eigenvalue weighted by molar-refractivity contribution is 7.92. The van der Waals surface area contributed by atoms with Crippen LogP contribution in [0.15, 0.2) is 41.3 Å². The normalized spacial score (nSPS) is 16.4. The van der Waals surface area contributed by atoms with Gasteiger partial charge in [-0.2, -0.15) is 0 Å². The van der Waals surface area contributed by atoms with Crippen LogP contribution in [-0.4, -0.2) is 54.3 Å². The van der Waals surface area contributed by atoms with Gasteiger partial charge in [0, 0.05) is 17.7 Å². The largest absolute Gasteiger partial charge is 0.497 e. The molecule has 0 saturated carbocycles. The molecule has 2 aromatic rings. The van der Waals surface area contributed by atoms with E-state index in [2.05, 4.69) is 9.62 Å². The van der Waals surface area contributed by atoms with Crippen LogP contribution in [0.5, 0.6) is 17.2 Å². The van der Waals surface area contributed by atoms with Gasteiger partial charge in [0.05, 0.1) is 24.8 Å². The van der Waals surface area contributed by atoms with Gasteiger partial charge in [-0.3, -0.25) is 4.72 Å². The molecule has 146 valence electrons. The fraction of sp³-hybridized carbons (Fsp3) is 0.368. The van der Waals surface area contributed by atoms with E-state index in [4.69, 9.17) is 14.2 Å². The average molecular weight is 392 g/mol. The van der Waals surface area contributed by atoms with Crippen LogP contribution >= 0.6 is 0 Å². The second-order valence-electron chi connectivity index (χ2n) is 6.54. The number of nitrogens with zero attached hydrogens (tertiary/aromatic N) is 1. The maximum Gasteiger partial charge on any atom is 0.262 e. The maximum atomic E-state index is 12.8. The number of benzene rings is 2. The van der Waals surface area contributed by atoms with Crippen LogP contribution in [0.2, 0.25) is 0 Å². The molecule has 3 rings (SSSR count). The molecule has 1 aliphatic heterocycles. The van der Waals surface area contributed by atoms with Crippen LogP contribution in [0.1, 0.15) is 5.56 Å². The Bertz CT molecular complexity index is 928. The lowest BCUT2D eigenvalue weighted by molar-refractivity contribution is 0.164. The highest BCUT2D eigenvalue weighted by Crippen LogP contribution is 2.40. The molecule has 27 heavy (non-hydrogen) atoms. The van der Waals surface area contributed by atoms with Gasteiger partial charge in [-0.15, -0.1) is 0 Å². The van der Waals surface area contributed by atoms with Crippen molar-refractivity contribution in [3.05, 3.63) is 42.0 Å². The number of rotatable bonds is 6. The number of fused-ring (bicyclic) bond motifs is 1. The molecule has 1 heterocycles. The zero-order chi connectivity index (χ0) is 19.6. The molecule has 0 unspecified atom stereocenters. The van der Waals surface area contributed by atoms with Crippen LogP contribution in [0.4, 0.5) is 5.69 Å². The summed E-state index contributed by atoms with van der Waals surface area (Å²) in [6, 6.07) is 9.92. The topological polar surface area (TPSA) is 77.1 Å². The predicted molar refractivity (Wildman–Crippen MR) is 103 cm³/mol. The molecular formula is C19H24N2O5S. The van der Waals surface area contributed by atoms with E-state index < -0.39 is 10.0 Å². The number of hydrogen-bond donors (Lipinski definition) is 1. The Morgan fingerprint density at radius 3 is 2.59 bits per heavy atom. The number of anilines is 1. The quantitative estimate of drug-likeness (QED) is 0.813. The van der Waals surface area contributed by atoms with Crippen LogP contribution in [0.25, 0.3) is 0 Å².